The van der Waals surface area contributed by atoms with Gasteiger partial charge < -0.3 is 4.98 Å². The maximum atomic E-state index is 12.5. The Hall–Kier alpha value is -2.62. The number of hydrogen-bond donors (Lipinski definition) is 2. The second-order valence-corrected chi connectivity index (χ2v) is 9.40. The van der Waals surface area contributed by atoms with Crippen molar-refractivity contribution in [3.8, 4) is 0 Å². The number of hydrogen-bond acceptors (Lipinski definition) is 7. The zero-order chi connectivity index (χ0) is 19.5. The first-order valence-corrected chi connectivity index (χ1v) is 10.3. The fourth-order valence-corrected chi connectivity index (χ4v) is 6.73. The second kappa shape index (κ2) is 6.20. The highest BCUT2D eigenvalue weighted by molar-refractivity contribution is 7.15. The van der Waals surface area contributed by atoms with Gasteiger partial charge in [0, 0.05) is 11.5 Å². The number of rotatable bonds is 4. The third kappa shape index (κ3) is 2.83. The van der Waals surface area contributed by atoms with Gasteiger partial charge in [-0.1, -0.05) is 11.3 Å². The van der Waals surface area contributed by atoms with Gasteiger partial charge in [0.2, 0.25) is 5.13 Å². The summed E-state index contributed by atoms with van der Waals surface area (Å²) in [6.07, 6.45) is 8.39. The van der Waals surface area contributed by atoms with Crippen molar-refractivity contribution in [2.75, 3.05) is 5.32 Å². The molecule has 0 aliphatic heterocycles. The van der Waals surface area contributed by atoms with E-state index in [0.29, 0.717) is 5.13 Å². The summed E-state index contributed by atoms with van der Waals surface area (Å²) >= 11 is 1.36. The topological polar surface area (TPSA) is 131 Å². The Morgan fingerprint density at radius 3 is 2.46 bits per heavy atom. The maximum Gasteiger partial charge on any atom is 0.286 e. The number of amides is 1. The summed E-state index contributed by atoms with van der Waals surface area (Å²) in [6.45, 7) is 0. The third-order valence-corrected chi connectivity index (χ3v) is 7.57. The molecule has 9 nitrogen and oxygen atoms in total. The van der Waals surface area contributed by atoms with E-state index in [1.807, 2.05) is 0 Å². The van der Waals surface area contributed by atoms with Crippen LogP contribution in [0.25, 0.3) is 0 Å². The summed E-state index contributed by atoms with van der Waals surface area (Å²) in [5.41, 5.74) is -1.27. The van der Waals surface area contributed by atoms with Crippen molar-refractivity contribution in [3.63, 3.8) is 0 Å². The molecule has 0 radical (unpaired) electrons. The van der Waals surface area contributed by atoms with Crippen molar-refractivity contribution in [1.29, 1.82) is 0 Å². The first-order valence-electron chi connectivity index (χ1n) is 9.44. The molecule has 2 aromatic heterocycles. The normalized spacial score (nSPS) is 30.4. The van der Waals surface area contributed by atoms with E-state index in [1.165, 1.54) is 30.6 Å². The molecule has 0 saturated heterocycles. The summed E-state index contributed by atoms with van der Waals surface area (Å²) in [7, 11) is 0. The molecule has 0 unspecified atom stereocenters. The lowest BCUT2D eigenvalue weighted by molar-refractivity contribution is -0.385. The molecule has 1 amide bonds. The first-order chi connectivity index (χ1) is 13.4. The lowest BCUT2D eigenvalue weighted by Gasteiger charge is -2.55. The molecule has 2 heterocycles. The molecular weight excluding hydrogens is 382 g/mol. The predicted molar refractivity (Wildman–Crippen MR) is 101 cm³/mol. The summed E-state index contributed by atoms with van der Waals surface area (Å²) < 4.78 is 0. The zero-order valence-corrected chi connectivity index (χ0v) is 15.8. The molecule has 0 spiro atoms. The van der Waals surface area contributed by atoms with Gasteiger partial charge in [0.25, 0.3) is 17.2 Å². The summed E-state index contributed by atoms with van der Waals surface area (Å²) in [5, 5.41) is 23.3. The molecule has 10 heteroatoms. The van der Waals surface area contributed by atoms with E-state index in [1.54, 1.807) is 0 Å². The molecule has 4 saturated carbocycles. The van der Waals surface area contributed by atoms with Gasteiger partial charge in [0.1, 0.15) is 10.6 Å². The van der Waals surface area contributed by atoms with Crippen LogP contribution in [0.3, 0.4) is 0 Å². The van der Waals surface area contributed by atoms with Gasteiger partial charge in [-0.2, -0.15) is 0 Å². The molecule has 2 N–H and O–H groups in total. The van der Waals surface area contributed by atoms with Crippen molar-refractivity contribution >= 4 is 28.1 Å². The standard InChI is InChI=1S/C18H19N5O4S/c24-14-13(4-12(8-19-14)23(26)27)15(25)20-17-22-21-16(28-17)18-5-9-1-10(6-18)3-11(2-9)7-18/h4,8-11H,1-3,5-7H2,(H,19,24)(H,20,22,25). The Labute approximate surface area is 163 Å². The number of nitrogens with one attached hydrogen (secondary N) is 2. The molecule has 28 heavy (non-hydrogen) atoms. The minimum atomic E-state index is -0.724. The van der Waals surface area contributed by atoms with Crippen LogP contribution in [0.4, 0.5) is 10.8 Å². The number of carbonyl (C=O) groups is 1. The number of nitro groups is 1. The van der Waals surface area contributed by atoms with E-state index in [-0.39, 0.29) is 16.7 Å². The summed E-state index contributed by atoms with van der Waals surface area (Å²) in [5.74, 6) is 1.60. The van der Waals surface area contributed by atoms with Gasteiger partial charge >= 0.3 is 0 Å². The molecule has 4 fully saturated rings. The Morgan fingerprint density at radius 1 is 1.21 bits per heavy atom. The highest BCUT2D eigenvalue weighted by atomic mass is 32.1. The van der Waals surface area contributed by atoms with E-state index in [0.717, 1.165) is 54.3 Å². The number of H-pyrrole nitrogens is 1. The van der Waals surface area contributed by atoms with Crippen LogP contribution in [-0.4, -0.2) is 26.0 Å². The molecule has 0 atom stereocenters. The highest BCUT2D eigenvalue weighted by Gasteiger charge is 2.53. The van der Waals surface area contributed by atoms with Gasteiger partial charge in [0.15, 0.2) is 0 Å². The van der Waals surface area contributed by atoms with Crippen LogP contribution in [0.2, 0.25) is 0 Å². The van der Waals surface area contributed by atoms with Gasteiger partial charge in [-0.05, 0) is 56.3 Å². The average molecular weight is 401 g/mol. The number of aromatic amines is 1. The van der Waals surface area contributed by atoms with Crippen molar-refractivity contribution in [3.05, 3.63) is 43.3 Å². The number of pyridine rings is 1. The van der Waals surface area contributed by atoms with Crippen LogP contribution < -0.4 is 10.9 Å². The minimum Gasteiger partial charge on any atom is -0.322 e. The van der Waals surface area contributed by atoms with Crippen LogP contribution in [0.15, 0.2) is 17.1 Å². The van der Waals surface area contributed by atoms with Gasteiger partial charge in [-0.15, -0.1) is 10.2 Å². The number of anilines is 1. The number of aromatic nitrogens is 3. The zero-order valence-electron chi connectivity index (χ0n) is 15.0. The molecule has 4 aliphatic carbocycles. The highest BCUT2D eigenvalue weighted by Crippen LogP contribution is 2.61. The number of nitrogens with zero attached hydrogens (tertiary/aromatic N) is 3. The van der Waals surface area contributed by atoms with E-state index in [4.69, 9.17) is 0 Å². The lowest BCUT2D eigenvalue weighted by atomic mass is 9.50. The van der Waals surface area contributed by atoms with Gasteiger partial charge in [-0.25, -0.2) is 0 Å². The van der Waals surface area contributed by atoms with Crippen LogP contribution in [0.1, 0.15) is 53.9 Å². The largest absolute Gasteiger partial charge is 0.322 e. The Bertz CT molecular complexity index is 994. The van der Waals surface area contributed by atoms with Crippen LogP contribution in [0.5, 0.6) is 0 Å². The Balaban J connectivity index is 1.38. The average Bonchev–Trinajstić information content (AvgIpc) is 3.10. The molecular formula is C18H19N5O4S. The molecule has 0 aromatic carbocycles. The Morgan fingerprint density at radius 2 is 1.86 bits per heavy atom. The van der Waals surface area contributed by atoms with Gasteiger partial charge in [0.05, 0.1) is 11.1 Å². The predicted octanol–water partition coefficient (Wildman–Crippen LogP) is 2.85. The molecule has 146 valence electrons. The van der Waals surface area contributed by atoms with Gasteiger partial charge in [-0.3, -0.25) is 25.0 Å². The quantitative estimate of drug-likeness (QED) is 0.598. The van der Waals surface area contributed by atoms with E-state index in [2.05, 4.69) is 20.5 Å². The molecule has 6 rings (SSSR count). The van der Waals surface area contributed by atoms with Crippen molar-refractivity contribution < 1.29 is 9.72 Å². The number of carbonyl (C=O) groups excluding carboxylic acids is 1. The minimum absolute atomic E-state index is 0.0817. The third-order valence-electron chi connectivity index (χ3n) is 6.48. The molecule has 2 aromatic rings. The van der Waals surface area contributed by atoms with E-state index < -0.39 is 16.4 Å². The van der Waals surface area contributed by atoms with Crippen LogP contribution in [0, 0.1) is 27.9 Å². The fraction of sp³-hybridized carbons (Fsp3) is 0.556. The monoisotopic (exact) mass is 401 g/mol. The van der Waals surface area contributed by atoms with Crippen molar-refractivity contribution in [2.24, 2.45) is 17.8 Å². The smallest absolute Gasteiger partial charge is 0.286 e. The SMILES string of the molecule is O=C(Nc1nnc(C23CC4CC(CC(C4)C2)C3)s1)c1cc([N+](=O)[O-])c[nH]c1=O. The maximum absolute atomic E-state index is 12.5. The summed E-state index contributed by atoms with van der Waals surface area (Å²) in [6, 6.07) is 0.967. The lowest BCUT2D eigenvalue weighted by Crippen LogP contribution is -2.48. The van der Waals surface area contributed by atoms with Crippen molar-refractivity contribution in [1.82, 2.24) is 15.2 Å². The van der Waals surface area contributed by atoms with E-state index >= 15 is 0 Å². The Kier molecular flexibility index (Phi) is 3.87. The van der Waals surface area contributed by atoms with E-state index in [9.17, 15) is 19.7 Å². The first kappa shape index (κ1) is 17.5. The van der Waals surface area contributed by atoms with Crippen LogP contribution >= 0.6 is 11.3 Å². The van der Waals surface area contributed by atoms with Crippen LogP contribution in [-0.2, 0) is 5.41 Å². The summed E-state index contributed by atoms with van der Waals surface area (Å²) in [4.78, 5) is 36.8. The fourth-order valence-electron chi connectivity index (χ4n) is 5.77. The molecule has 4 aliphatic rings. The second-order valence-electron chi connectivity index (χ2n) is 8.42. The van der Waals surface area contributed by atoms with Crippen molar-refractivity contribution in [2.45, 2.75) is 43.9 Å². The molecule has 4 bridgehead atoms.